The lowest BCUT2D eigenvalue weighted by molar-refractivity contribution is 0.0788. The fraction of sp³-hybridized carbons (Fsp3) is 0.438. The molecule has 1 heterocycles. The van der Waals surface area contributed by atoms with E-state index < -0.39 is 0 Å². The molecule has 0 bridgehead atoms. The van der Waals surface area contributed by atoms with Crippen molar-refractivity contribution in [3.63, 3.8) is 0 Å². The number of carbonyl (C=O) groups excluding carboxylic acids is 1. The number of amides is 1. The van der Waals surface area contributed by atoms with Crippen molar-refractivity contribution in [2.45, 2.75) is 20.3 Å². The van der Waals surface area contributed by atoms with Gasteiger partial charge in [0.2, 0.25) is 0 Å². The summed E-state index contributed by atoms with van der Waals surface area (Å²) >= 11 is 0. The molecular formula is C16H20N2O. The molecule has 1 unspecified atom stereocenters. The van der Waals surface area contributed by atoms with Gasteiger partial charge in [-0.15, -0.1) is 0 Å². The largest absolute Gasteiger partial charge is 0.338 e. The van der Waals surface area contributed by atoms with Crippen molar-refractivity contribution in [2.75, 3.05) is 19.6 Å². The van der Waals surface area contributed by atoms with Crippen LogP contribution in [0.1, 0.15) is 34.8 Å². The fourth-order valence-electron chi connectivity index (χ4n) is 2.38. The van der Waals surface area contributed by atoms with E-state index in [-0.39, 0.29) is 5.91 Å². The Kier molecular flexibility index (Phi) is 4.24. The molecule has 1 saturated heterocycles. The van der Waals surface area contributed by atoms with E-state index in [2.05, 4.69) is 18.8 Å². The van der Waals surface area contributed by atoms with Crippen LogP contribution in [-0.2, 0) is 0 Å². The van der Waals surface area contributed by atoms with Gasteiger partial charge in [-0.1, -0.05) is 24.8 Å². The van der Waals surface area contributed by atoms with E-state index in [9.17, 15) is 4.79 Å². The van der Waals surface area contributed by atoms with Crippen molar-refractivity contribution in [3.05, 3.63) is 34.9 Å². The molecule has 1 atom stereocenters. The molecule has 1 aliphatic heterocycles. The van der Waals surface area contributed by atoms with Gasteiger partial charge < -0.3 is 10.6 Å². The molecule has 3 nitrogen and oxygen atoms in total. The van der Waals surface area contributed by atoms with Crippen LogP contribution in [0.3, 0.4) is 0 Å². The Morgan fingerprint density at radius 3 is 2.95 bits per heavy atom. The zero-order chi connectivity index (χ0) is 13.8. The molecule has 0 aromatic heterocycles. The van der Waals surface area contributed by atoms with Gasteiger partial charge in [-0.05, 0) is 37.0 Å². The molecule has 0 saturated carbocycles. The van der Waals surface area contributed by atoms with E-state index in [1.165, 1.54) is 0 Å². The van der Waals surface area contributed by atoms with E-state index in [1.807, 2.05) is 30.0 Å². The van der Waals surface area contributed by atoms with E-state index in [0.29, 0.717) is 18.0 Å². The molecule has 2 rings (SSSR count). The summed E-state index contributed by atoms with van der Waals surface area (Å²) in [6.45, 7) is 6.17. The molecular weight excluding hydrogens is 236 g/mol. The number of aryl methyl sites for hydroxylation is 1. The monoisotopic (exact) mass is 256 g/mol. The maximum atomic E-state index is 12.5. The Hall–Kier alpha value is -1.79. The van der Waals surface area contributed by atoms with Crippen LogP contribution >= 0.6 is 0 Å². The summed E-state index contributed by atoms with van der Waals surface area (Å²) in [5, 5.41) is 0. The third-order valence-electron chi connectivity index (χ3n) is 3.44. The highest BCUT2D eigenvalue weighted by Gasteiger charge is 2.25. The Morgan fingerprint density at radius 2 is 2.32 bits per heavy atom. The molecule has 1 aliphatic rings. The summed E-state index contributed by atoms with van der Waals surface area (Å²) in [6, 6.07) is 5.79. The highest BCUT2D eigenvalue weighted by atomic mass is 16.2. The minimum atomic E-state index is 0.0886. The number of rotatable bonds is 1. The maximum absolute atomic E-state index is 12.5. The van der Waals surface area contributed by atoms with Crippen molar-refractivity contribution in [2.24, 2.45) is 11.7 Å². The molecule has 1 aromatic carbocycles. The zero-order valence-corrected chi connectivity index (χ0v) is 11.6. The lowest BCUT2D eigenvalue weighted by atomic mass is 10.0. The molecule has 3 heteroatoms. The normalized spacial score (nSPS) is 18.1. The summed E-state index contributed by atoms with van der Waals surface area (Å²) in [5.41, 5.74) is 8.00. The number of hydrogen-bond donors (Lipinski definition) is 1. The van der Waals surface area contributed by atoms with E-state index in [0.717, 1.165) is 30.6 Å². The lowest BCUT2D eigenvalue weighted by Crippen LogP contribution is -2.29. The van der Waals surface area contributed by atoms with Gasteiger partial charge in [-0.2, -0.15) is 0 Å². The van der Waals surface area contributed by atoms with Gasteiger partial charge in [0.1, 0.15) is 0 Å². The number of nitrogens with zero attached hydrogens (tertiary/aromatic N) is 1. The highest BCUT2D eigenvalue weighted by molar-refractivity contribution is 5.97. The Bertz CT molecular complexity index is 539. The van der Waals surface area contributed by atoms with Crippen LogP contribution in [-0.4, -0.2) is 30.4 Å². The molecule has 1 aromatic rings. The van der Waals surface area contributed by atoms with Crippen LogP contribution in [0, 0.1) is 24.7 Å². The zero-order valence-electron chi connectivity index (χ0n) is 11.6. The summed E-state index contributed by atoms with van der Waals surface area (Å²) in [5.74, 6) is 6.52. The van der Waals surface area contributed by atoms with E-state index in [1.54, 1.807) is 0 Å². The third-order valence-corrected chi connectivity index (χ3v) is 3.44. The van der Waals surface area contributed by atoms with Gasteiger partial charge in [-0.25, -0.2) is 0 Å². The van der Waals surface area contributed by atoms with Crippen LogP contribution < -0.4 is 5.73 Å². The van der Waals surface area contributed by atoms with Gasteiger partial charge >= 0.3 is 0 Å². The first-order chi connectivity index (χ1) is 9.11. The Morgan fingerprint density at radius 1 is 1.53 bits per heavy atom. The van der Waals surface area contributed by atoms with Crippen molar-refractivity contribution in [3.8, 4) is 11.8 Å². The SMILES string of the molecule is Cc1ccc(C(=O)N2CCC(C)C2)c(C#CCN)c1. The lowest BCUT2D eigenvalue weighted by Gasteiger charge is -2.17. The number of nitrogens with two attached hydrogens (primary N) is 1. The summed E-state index contributed by atoms with van der Waals surface area (Å²) in [6.07, 6.45) is 1.08. The van der Waals surface area contributed by atoms with Crippen LogP contribution in [0.5, 0.6) is 0 Å². The molecule has 2 N–H and O–H groups in total. The van der Waals surface area contributed by atoms with Crippen LogP contribution in [0.15, 0.2) is 18.2 Å². The second-order valence-corrected chi connectivity index (χ2v) is 5.20. The molecule has 0 aliphatic carbocycles. The molecule has 100 valence electrons. The van der Waals surface area contributed by atoms with Crippen molar-refractivity contribution >= 4 is 5.91 Å². The van der Waals surface area contributed by atoms with Crippen LogP contribution in [0.4, 0.5) is 0 Å². The minimum Gasteiger partial charge on any atom is -0.338 e. The molecule has 0 spiro atoms. The van der Waals surface area contributed by atoms with Crippen LogP contribution in [0.25, 0.3) is 0 Å². The number of likely N-dealkylation sites (tertiary alicyclic amines) is 1. The van der Waals surface area contributed by atoms with Crippen molar-refractivity contribution < 1.29 is 4.79 Å². The number of hydrogen-bond acceptors (Lipinski definition) is 2. The predicted molar refractivity (Wildman–Crippen MR) is 76.8 cm³/mol. The third kappa shape index (κ3) is 3.15. The summed E-state index contributed by atoms with van der Waals surface area (Å²) in [7, 11) is 0. The minimum absolute atomic E-state index is 0.0886. The van der Waals surface area contributed by atoms with Gasteiger partial charge in [0.05, 0.1) is 12.1 Å². The average molecular weight is 256 g/mol. The number of benzene rings is 1. The quantitative estimate of drug-likeness (QED) is 0.779. The summed E-state index contributed by atoms with van der Waals surface area (Å²) in [4.78, 5) is 14.4. The first-order valence-corrected chi connectivity index (χ1v) is 6.70. The van der Waals surface area contributed by atoms with Gasteiger partial charge in [0.25, 0.3) is 5.91 Å². The second-order valence-electron chi connectivity index (χ2n) is 5.20. The maximum Gasteiger partial charge on any atom is 0.255 e. The van der Waals surface area contributed by atoms with Gasteiger partial charge in [0, 0.05) is 18.7 Å². The predicted octanol–water partition coefficient (Wildman–Crippen LogP) is 1.79. The highest BCUT2D eigenvalue weighted by Crippen LogP contribution is 2.20. The number of carbonyl (C=O) groups is 1. The standard InChI is InChI=1S/C16H20N2O/c1-12-5-6-15(14(10-12)4-3-8-17)16(19)18-9-7-13(2)11-18/h5-6,10,13H,7-9,11,17H2,1-2H3. The van der Waals surface area contributed by atoms with Crippen molar-refractivity contribution in [1.82, 2.24) is 4.90 Å². The van der Waals surface area contributed by atoms with Gasteiger partial charge in [-0.3, -0.25) is 4.79 Å². The molecule has 1 fully saturated rings. The topological polar surface area (TPSA) is 46.3 Å². The first-order valence-electron chi connectivity index (χ1n) is 6.70. The van der Waals surface area contributed by atoms with E-state index >= 15 is 0 Å². The smallest absolute Gasteiger partial charge is 0.255 e. The molecule has 19 heavy (non-hydrogen) atoms. The Labute approximate surface area is 114 Å². The fourth-order valence-corrected chi connectivity index (χ4v) is 2.38. The van der Waals surface area contributed by atoms with Gasteiger partial charge in [0.15, 0.2) is 0 Å². The molecule has 1 amide bonds. The summed E-state index contributed by atoms with van der Waals surface area (Å²) < 4.78 is 0. The Balaban J connectivity index is 2.30. The van der Waals surface area contributed by atoms with Crippen molar-refractivity contribution in [1.29, 1.82) is 0 Å². The molecule has 0 radical (unpaired) electrons. The average Bonchev–Trinajstić information content (AvgIpc) is 2.82. The van der Waals surface area contributed by atoms with E-state index in [4.69, 9.17) is 5.73 Å². The first kappa shape index (κ1) is 13.6. The second kappa shape index (κ2) is 5.90. The van der Waals surface area contributed by atoms with Crippen LogP contribution in [0.2, 0.25) is 0 Å².